The van der Waals surface area contributed by atoms with Crippen LogP contribution in [0.25, 0.3) is 0 Å². The van der Waals surface area contributed by atoms with E-state index >= 15 is 0 Å². The summed E-state index contributed by atoms with van der Waals surface area (Å²) in [6.07, 6.45) is 2.84. The zero-order chi connectivity index (χ0) is 13.1. The van der Waals surface area contributed by atoms with Crippen LogP contribution in [0, 0.1) is 20.2 Å². The molecule has 18 heavy (non-hydrogen) atoms. The van der Waals surface area contributed by atoms with Crippen molar-refractivity contribution in [3.8, 4) is 0 Å². The molecule has 0 saturated heterocycles. The molecule has 8 heteroatoms. The third-order valence-electron chi connectivity index (χ3n) is 2.65. The Bertz CT molecular complexity index is 535. The van der Waals surface area contributed by atoms with Crippen molar-refractivity contribution in [2.75, 3.05) is 5.43 Å². The molecule has 0 spiro atoms. The van der Waals surface area contributed by atoms with Crippen molar-refractivity contribution in [1.82, 2.24) is 0 Å². The van der Waals surface area contributed by atoms with Crippen molar-refractivity contribution in [1.29, 1.82) is 0 Å². The Labute approximate surface area is 102 Å². The van der Waals surface area contributed by atoms with Gasteiger partial charge in [0.1, 0.15) is 5.69 Å². The zero-order valence-electron chi connectivity index (χ0n) is 9.33. The molecule has 0 heterocycles. The van der Waals surface area contributed by atoms with E-state index in [1.165, 1.54) is 12.1 Å². The number of rotatable bonds is 4. The molecule has 0 bridgehead atoms. The summed E-state index contributed by atoms with van der Waals surface area (Å²) >= 11 is 0. The Balaban J connectivity index is 2.28. The van der Waals surface area contributed by atoms with Gasteiger partial charge in [-0.1, -0.05) is 0 Å². The summed E-state index contributed by atoms with van der Waals surface area (Å²) in [5.41, 5.74) is 3.02. The van der Waals surface area contributed by atoms with Crippen LogP contribution in [0.15, 0.2) is 23.3 Å². The van der Waals surface area contributed by atoms with Gasteiger partial charge in [0.15, 0.2) is 0 Å². The fourth-order valence-electron chi connectivity index (χ4n) is 1.47. The second-order valence-corrected chi connectivity index (χ2v) is 3.86. The Morgan fingerprint density at radius 2 is 1.89 bits per heavy atom. The minimum Gasteiger partial charge on any atom is -0.272 e. The molecule has 0 unspecified atom stereocenters. The summed E-state index contributed by atoms with van der Waals surface area (Å²) in [5, 5.41) is 25.4. The summed E-state index contributed by atoms with van der Waals surface area (Å²) in [7, 11) is 0. The highest BCUT2D eigenvalue weighted by atomic mass is 16.6. The van der Waals surface area contributed by atoms with Crippen LogP contribution in [0.1, 0.15) is 19.3 Å². The first-order valence-corrected chi connectivity index (χ1v) is 5.32. The maximum atomic E-state index is 10.8. The number of non-ortho nitro benzene ring substituents is 1. The third kappa shape index (κ3) is 2.42. The van der Waals surface area contributed by atoms with Gasteiger partial charge >= 0.3 is 5.69 Å². The molecule has 0 atom stereocenters. The first-order chi connectivity index (χ1) is 8.58. The van der Waals surface area contributed by atoms with Gasteiger partial charge < -0.3 is 0 Å². The van der Waals surface area contributed by atoms with Gasteiger partial charge in [0.25, 0.3) is 5.69 Å². The number of benzene rings is 1. The van der Waals surface area contributed by atoms with E-state index in [1.54, 1.807) is 0 Å². The van der Waals surface area contributed by atoms with E-state index in [4.69, 9.17) is 0 Å². The van der Waals surface area contributed by atoms with Crippen LogP contribution >= 0.6 is 0 Å². The average Bonchev–Trinajstić information content (AvgIpc) is 2.26. The molecule has 1 saturated carbocycles. The van der Waals surface area contributed by atoms with Crippen LogP contribution in [0.5, 0.6) is 0 Å². The van der Waals surface area contributed by atoms with Crippen molar-refractivity contribution in [3.05, 3.63) is 38.4 Å². The molecule has 0 aliphatic heterocycles. The number of hydrazone groups is 1. The lowest BCUT2D eigenvalue weighted by atomic mass is 9.98. The molecule has 1 aromatic rings. The van der Waals surface area contributed by atoms with Gasteiger partial charge in [-0.2, -0.15) is 5.10 Å². The normalized spacial score (nSPS) is 13.7. The summed E-state index contributed by atoms with van der Waals surface area (Å²) in [5.74, 6) is 0. The number of hydrogen-bond donors (Lipinski definition) is 1. The van der Waals surface area contributed by atoms with E-state index in [2.05, 4.69) is 10.5 Å². The Morgan fingerprint density at radius 3 is 2.39 bits per heavy atom. The van der Waals surface area contributed by atoms with Gasteiger partial charge in [-0.15, -0.1) is 0 Å². The van der Waals surface area contributed by atoms with Crippen molar-refractivity contribution in [3.63, 3.8) is 0 Å². The van der Waals surface area contributed by atoms with Crippen molar-refractivity contribution in [2.45, 2.75) is 19.3 Å². The molecule has 0 aromatic heterocycles. The predicted molar refractivity (Wildman–Crippen MR) is 64.7 cm³/mol. The van der Waals surface area contributed by atoms with Crippen molar-refractivity contribution >= 4 is 22.8 Å². The van der Waals surface area contributed by atoms with Crippen LogP contribution < -0.4 is 5.43 Å². The number of nitrogens with zero attached hydrogens (tertiary/aromatic N) is 3. The smallest absolute Gasteiger partial charge is 0.272 e. The molecule has 2 rings (SSSR count). The highest BCUT2D eigenvalue weighted by Gasteiger charge is 2.19. The van der Waals surface area contributed by atoms with E-state index < -0.39 is 9.85 Å². The molecule has 1 aliphatic rings. The quantitative estimate of drug-likeness (QED) is 0.651. The summed E-state index contributed by atoms with van der Waals surface area (Å²) < 4.78 is 0. The molecule has 1 N–H and O–H groups in total. The first kappa shape index (κ1) is 12.0. The lowest BCUT2D eigenvalue weighted by molar-refractivity contribution is -0.393. The lowest BCUT2D eigenvalue weighted by Crippen LogP contribution is -2.12. The Hall–Kier alpha value is -2.51. The maximum Gasteiger partial charge on any atom is 0.301 e. The minimum atomic E-state index is -0.672. The number of anilines is 1. The number of nitro benzene ring substituents is 2. The van der Waals surface area contributed by atoms with Crippen molar-refractivity contribution < 1.29 is 9.85 Å². The van der Waals surface area contributed by atoms with Crippen molar-refractivity contribution in [2.24, 2.45) is 5.10 Å². The fraction of sp³-hybridized carbons (Fsp3) is 0.300. The van der Waals surface area contributed by atoms with Crippen LogP contribution in [-0.4, -0.2) is 15.6 Å². The van der Waals surface area contributed by atoms with Gasteiger partial charge in [0.2, 0.25) is 0 Å². The van der Waals surface area contributed by atoms with Crippen LogP contribution in [0.2, 0.25) is 0 Å². The Kier molecular flexibility index (Phi) is 3.18. The zero-order valence-corrected chi connectivity index (χ0v) is 9.33. The second kappa shape index (κ2) is 4.78. The SMILES string of the molecule is O=[N+]([O-])c1ccc(NN=C2CCC2)c([N+](=O)[O-])c1. The van der Waals surface area contributed by atoms with E-state index in [1.807, 2.05) is 0 Å². The average molecular weight is 250 g/mol. The van der Waals surface area contributed by atoms with Gasteiger partial charge in [-0.05, 0) is 25.3 Å². The summed E-state index contributed by atoms with van der Waals surface area (Å²) in [4.78, 5) is 20.0. The second-order valence-electron chi connectivity index (χ2n) is 3.86. The maximum absolute atomic E-state index is 10.8. The van der Waals surface area contributed by atoms with E-state index in [0.29, 0.717) is 0 Å². The third-order valence-corrected chi connectivity index (χ3v) is 2.65. The van der Waals surface area contributed by atoms with E-state index in [0.717, 1.165) is 31.0 Å². The first-order valence-electron chi connectivity index (χ1n) is 5.32. The molecule has 1 aliphatic carbocycles. The minimum absolute atomic E-state index is 0.157. The van der Waals surface area contributed by atoms with E-state index in [-0.39, 0.29) is 17.1 Å². The van der Waals surface area contributed by atoms with Gasteiger partial charge in [-0.25, -0.2) is 0 Å². The van der Waals surface area contributed by atoms with Crippen LogP contribution in [0.3, 0.4) is 0 Å². The fourth-order valence-corrected chi connectivity index (χ4v) is 1.47. The Morgan fingerprint density at radius 1 is 1.17 bits per heavy atom. The molecule has 1 fully saturated rings. The largest absolute Gasteiger partial charge is 0.301 e. The highest BCUT2D eigenvalue weighted by Crippen LogP contribution is 2.29. The van der Waals surface area contributed by atoms with Crippen LogP contribution in [-0.2, 0) is 0 Å². The highest BCUT2D eigenvalue weighted by molar-refractivity contribution is 5.89. The molecular formula is C10H10N4O4. The molecule has 0 amide bonds. The van der Waals surface area contributed by atoms with Crippen LogP contribution in [0.4, 0.5) is 17.1 Å². The number of hydrogen-bond acceptors (Lipinski definition) is 6. The number of nitrogens with one attached hydrogen (secondary N) is 1. The molecule has 94 valence electrons. The lowest BCUT2D eigenvalue weighted by Gasteiger charge is -2.14. The molecule has 1 aromatic carbocycles. The predicted octanol–water partition coefficient (Wildman–Crippen LogP) is 2.45. The van der Waals surface area contributed by atoms with Gasteiger partial charge in [0.05, 0.1) is 15.9 Å². The summed E-state index contributed by atoms with van der Waals surface area (Å²) in [6, 6.07) is 3.42. The van der Waals surface area contributed by atoms with Gasteiger partial charge in [-0.3, -0.25) is 25.7 Å². The topological polar surface area (TPSA) is 111 Å². The molecule has 8 nitrogen and oxygen atoms in total. The van der Waals surface area contributed by atoms with Gasteiger partial charge in [0, 0.05) is 11.8 Å². The monoisotopic (exact) mass is 250 g/mol. The standard InChI is InChI=1S/C10H10N4O4/c15-13(16)8-4-5-9(10(6-8)14(17)18)12-11-7-2-1-3-7/h4-6,12H,1-3H2. The molecular weight excluding hydrogens is 240 g/mol. The summed E-state index contributed by atoms with van der Waals surface area (Å²) in [6.45, 7) is 0. The number of nitro groups is 2. The molecule has 0 radical (unpaired) electrons. The van der Waals surface area contributed by atoms with E-state index in [9.17, 15) is 20.2 Å².